The van der Waals surface area contributed by atoms with Crippen molar-refractivity contribution in [1.29, 1.82) is 0 Å². The van der Waals surface area contributed by atoms with Gasteiger partial charge < -0.3 is 10.1 Å². The highest BCUT2D eigenvalue weighted by Crippen LogP contribution is 2.22. The Morgan fingerprint density at radius 2 is 2.12 bits per heavy atom. The van der Waals surface area contributed by atoms with Crippen LogP contribution in [0.1, 0.15) is 35.8 Å². The summed E-state index contributed by atoms with van der Waals surface area (Å²) in [5.41, 5.74) is 2.73. The number of aryl methyl sites for hydroxylation is 2. The van der Waals surface area contributed by atoms with Crippen LogP contribution < -0.4 is 16.2 Å². The number of fused-ring (bicyclic) bond motifs is 1. The normalized spacial score (nSPS) is 23.4. The SMILES string of the molecule is Cc1ccc([C@@H]2NC(=NC[C@@H]3CCCO3)Nc3nc(C)cc(=O)n32)cc1. The molecule has 0 aliphatic carbocycles. The lowest BCUT2D eigenvalue weighted by Gasteiger charge is -2.31. The fraction of sp³-hybridized carbons (Fsp3) is 0.421. The lowest BCUT2D eigenvalue weighted by Crippen LogP contribution is -2.48. The molecule has 1 aromatic carbocycles. The van der Waals surface area contributed by atoms with Gasteiger partial charge in [-0.3, -0.25) is 19.7 Å². The molecule has 7 nitrogen and oxygen atoms in total. The fourth-order valence-corrected chi connectivity index (χ4v) is 3.33. The van der Waals surface area contributed by atoms with Crippen molar-refractivity contribution in [3.63, 3.8) is 0 Å². The average molecular weight is 353 g/mol. The van der Waals surface area contributed by atoms with E-state index in [2.05, 4.69) is 20.6 Å². The number of rotatable bonds is 3. The summed E-state index contributed by atoms with van der Waals surface area (Å²) >= 11 is 0. The molecule has 4 rings (SSSR count). The van der Waals surface area contributed by atoms with Crippen LogP contribution in [-0.4, -0.2) is 34.8 Å². The van der Waals surface area contributed by atoms with Crippen LogP contribution >= 0.6 is 0 Å². The minimum absolute atomic E-state index is 0.101. The van der Waals surface area contributed by atoms with Crippen molar-refractivity contribution < 1.29 is 4.74 Å². The summed E-state index contributed by atoms with van der Waals surface area (Å²) in [7, 11) is 0. The Kier molecular flexibility index (Phi) is 4.46. The summed E-state index contributed by atoms with van der Waals surface area (Å²) in [6.45, 7) is 5.25. The zero-order chi connectivity index (χ0) is 18.1. The largest absolute Gasteiger partial charge is 0.376 e. The van der Waals surface area contributed by atoms with Gasteiger partial charge in [-0.05, 0) is 32.3 Å². The predicted molar refractivity (Wildman–Crippen MR) is 101 cm³/mol. The number of aromatic nitrogens is 2. The first kappa shape index (κ1) is 16.8. The van der Waals surface area contributed by atoms with Crippen LogP contribution in [0, 0.1) is 13.8 Å². The Hall–Kier alpha value is -2.67. The summed E-state index contributed by atoms with van der Waals surface area (Å²) in [5.74, 6) is 1.12. The molecular weight excluding hydrogens is 330 g/mol. The topological polar surface area (TPSA) is 80.5 Å². The maximum Gasteiger partial charge on any atom is 0.257 e. The van der Waals surface area contributed by atoms with E-state index in [0.29, 0.717) is 24.1 Å². The van der Waals surface area contributed by atoms with Crippen molar-refractivity contribution in [2.45, 2.75) is 39.0 Å². The van der Waals surface area contributed by atoms with Gasteiger partial charge in [0.1, 0.15) is 6.17 Å². The van der Waals surface area contributed by atoms with Crippen molar-refractivity contribution in [1.82, 2.24) is 14.9 Å². The molecule has 2 aliphatic heterocycles. The number of hydrogen-bond acceptors (Lipinski definition) is 4. The number of benzene rings is 1. The highest BCUT2D eigenvalue weighted by molar-refractivity contribution is 5.93. The minimum atomic E-state index is -0.351. The van der Waals surface area contributed by atoms with Gasteiger partial charge in [-0.1, -0.05) is 29.8 Å². The molecule has 136 valence electrons. The highest BCUT2D eigenvalue weighted by Gasteiger charge is 2.26. The number of guanidine groups is 1. The van der Waals surface area contributed by atoms with E-state index in [1.807, 2.05) is 38.1 Å². The van der Waals surface area contributed by atoms with E-state index in [1.54, 1.807) is 10.6 Å². The van der Waals surface area contributed by atoms with E-state index in [4.69, 9.17) is 4.74 Å². The quantitative estimate of drug-likeness (QED) is 0.882. The molecule has 0 saturated carbocycles. The molecule has 26 heavy (non-hydrogen) atoms. The molecule has 1 fully saturated rings. The van der Waals surface area contributed by atoms with Gasteiger partial charge in [0.15, 0.2) is 5.96 Å². The van der Waals surface area contributed by atoms with Crippen LogP contribution in [0.5, 0.6) is 0 Å². The molecule has 7 heteroatoms. The van der Waals surface area contributed by atoms with E-state index in [0.717, 1.165) is 25.0 Å². The lowest BCUT2D eigenvalue weighted by molar-refractivity contribution is 0.117. The summed E-state index contributed by atoms with van der Waals surface area (Å²) in [6.07, 6.45) is 1.93. The van der Waals surface area contributed by atoms with Crippen LogP contribution in [0.15, 0.2) is 40.1 Å². The van der Waals surface area contributed by atoms with Crippen molar-refractivity contribution in [2.75, 3.05) is 18.5 Å². The molecule has 3 heterocycles. The zero-order valence-electron chi connectivity index (χ0n) is 15.0. The molecule has 2 aliphatic rings. The summed E-state index contributed by atoms with van der Waals surface area (Å²) < 4.78 is 7.27. The molecule has 1 saturated heterocycles. The first-order chi connectivity index (χ1) is 12.6. The number of ether oxygens (including phenoxy) is 1. The molecule has 0 unspecified atom stereocenters. The van der Waals surface area contributed by atoms with E-state index < -0.39 is 0 Å². The molecule has 2 N–H and O–H groups in total. The monoisotopic (exact) mass is 353 g/mol. The predicted octanol–water partition coefficient (Wildman–Crippen LogP) is 1.96. The van der Waals surface area contributed by atoms with E-state index >= 15 is 0 Å². The second kappa shape index (κ2) is 6.92. The smallest absolute Gasteiger partial charge is 0.257 e. The van der Waals surface area contributed by atoms with E-state index in [-0.39, 0.29) is 17.8 Å². The zero-order valence-corrected chi connectivity index (χ0v) is 15.0. The highest BCUT2D eigenvalue weighted by atomic mass is 16.5. The molecule has 0 bridgehead atoms. The third-order valence-corrected chi connectivity index (χ3v) is 4.71. The van der Waals surface area contributed by atoms with Crippen molar-refractivity contribution in [2.24, 2.45) is 4.99 Å². The summed E-state index contributed by atoms with van der Waals surface area (Å²) in [4.78, 5) is 21.7. The molecule has 2 atom stereocenters. The Morgan fingerprint density at radius 1 is 1.31 bits per heavy atom. The van der Waals surface area contributed by atoms with Gasteiger partial charge in [0.2, 0.25) is 5.95 Å². The Bertz CT molecular complexity index is 882. The third-order valence-electron chi connectivity index (χ3n) is 4.71. The van der Waals surface area contributed by atoms with E-state index in [1.165, 1.54) is 5.56 Å². The second-order valence-electron chi connectivity index (χ2n) is 6.84. The lowest BCUT2D eigenvalue weighted by atomic mass is 10.1. The number of nitrogens with zero attached hydrogens (tertiary/aromatic N) is 3. The minimum Gasteiger partial charge on any atom is -0.376 e. The molecule has 0 amide bonds. The number of aliphatic imine (C=N–C) groups is 1. The van der Waals surface area contributed by atoms with E-state index in [9.17, 15) is 4.79 Å². The van der Waals surface area contributed by atoms with Gasteiger partial charge in [0.25, 0.3) is 5.56 Å². The molecular formula is C19H23N5O2. The van der Waals surface area contributed by atoms with Crippen LogP contribution in [0.4, 0.5) is 5.95 Å². The molecule has 0 radical (unpaired) electrons. The molecule has 1 aromatic heterocycles. The van der Waals surface area contributed by atoms with Crippen LogP contribution in [-0.2, 0) is 4.74 Å². The maximum absolute atomic E-state index is 12.6. The summed E-state index contributed by atoms with van der Waals surface area (Å²) in [6, 6.07) is 9.66. The standard InChI is InChI=1S/C19H23N5O2/c1-12-5-7-14(8-6-12)17-22-18(20-11-15-4-3-9-26-15)23-19-21-13(2)10-16(25)24(17)19/h5-8,10,15,17H,3-4,9,11H2,1-2H3,(H2,20,21,22,23)/t15-,17+/m0/s1. The third kappa shape index (κ3) is 3.35. The fourth-order valence-electron chi connectivity index (χ4n) is 3.33. The molecule has 2 aromatic rings. The number of hydrogen-bond donors (Lipinski definition) is 2. The van der Waals surface area contributed by atoms with Gasteiger partial charge in [-0.25, -0.2) is 4.98 Å². The number of anilines is 1. The van der Waals surface area contributed by atoms with Crippen molar-refractivity contribution in [3.8, 4) is 0 Å². The van der Waals surface area contributed by atoms with Crippen molar-refractivity contribution >= 4 is 11.9 Å². The number of nitrogens with one attached hydrogen (secondary N) is 2. The second-order valence-corrected chi connectivity index (χ2v) is 6.84. The van der Waals surface area contributed by atoms with Gasteiger partial charge in [-0.2, -0.15) is 0 Å². The average Bonchev–Trinajstić information content (AvgIpc) is 3.13. The van der Waals surface area contributed by atoms with Gasteiger partial charge in [-0.15, -0.1) is 0 Å². The van der Waals surface area contributed by atoms with Crippen molar-refractivity contribution in [3.05, 3.63) is 57.5 Å². The Morgan fingerprint density at radius 3 is 2.85 bits per heavy atom. The Labute approximate surface area is 152 Å². The van der Waals surface area contributed by atoms with Gasteiger partial charge in [0.05, 0.1) is 12.6 Å². The van der Waals surface area contributed by atoms with Gasteiger partial charge in [0, 0.05) is 18.4 Å². The molecule has 0 spiro atoms. The van der Waals surface area contributed by atoms with Crippen LogP contribution in [0.25, 0.3) is 0 Å². The van der Waals surface area contributed by atoms with Gasteiger partial charge >= 0.3 is 0 Å². The first-order valence-electron chi connectivity index (χ1n) is 8.96. The Balaban J connectivity index is 1.70. The first-order valence-corrected chi connectivity index (χ1v) is 8.96. The van der Waals surface area contributed by atoms with Crippen LogP contribution in [0.3, 0.4) is 0 Å². The maximum atomic E-state index is 12.6. The summed E-state index contributed by atoms with van der Waals surface area (Å²) in [5, 5.41) is 6.48. The van der Waals surface area contributed by atoms with Crippen LogP contribution in [0.2, 0.25) is 0 Å².